The Morgan fingerprint density at radius 3 is 2.64 bits per heavy atom. The van der Waals surface area contributed by atoms with Gasteiger partial charge in [0.25, 0.3) is 0 Å². The minimum atomic E-state index is -0.538. The van der Waals surface area contributed by atoms with Crippen molar-refractivity contribution in [3.63, 3.8) is 0 Å². The summed E-state index contributed by atoms with van der Waals surface area (Å²) < 4.78 is 12.7. The summed E-state index contributed by atoms with van der Waals surface area (Å²) >= 11 is 0. The molecule has 0 aliphatic carbocycles. The van der Waals surface area contributed by atoms with E-state index in [0.29, 0.717) is 23.0 Å². The van der Waals surface area contributed by atoms with Crippen molar-refractivity contribution in [1.29, 1.82) is 0 Å². The number of carbonyl (C=O) groups is 1. The van der Waals surface area contributed by atoms with Crippen molar-refractivity contribution in [3.05, 3.63) is 77.6 Å². The lowest BCUT2D eigenvalue weighted by Crippen LogP contribution is -2.30. The Morgan fingerprint density at radius 2 is 1.89 bits per heavy atom. The molecule has 0 amide bonds. The van der Waals surface area contributed by atoms with Gasteiger partial charge in [-0.1, -0.05) is 48.5 Å². The predicted molar refractivity (Wildman–Crippen MR) is 105 cm³/mol. The standard InChI is InChI=1S/C21H20N4O3/c1-3-28-20(26)17-18(14-9-5-4-6-10-14)24-21-22-13-23-25(21)19(17)15-11-7-8-12-16(15)27-2/h4-13,19H,3H2,1-2H3,(H,22,23,24). The van der Waals surface area contributed by atoms with Crippen LogP contribution >= 0.6 is 0 Å². The van der Waals surface area contributed by atoms with Crippen molar-refractivity contribution in [3.8, 4) is 5.75 Å². The number of aromatic nitrogens is 3. The molecule has 2 heterocycles. The second-order valence-corrected chi connectivity index (χ2v) is 6.17. The average Bonchev–Trinajstić information content (AvgIpc) is 3.21. The Labute approximate surface area is 162 Å². The van der Waals surface area contributed by atoms with E-state index in [2.05, 4.69) is 15.4 Å². The molecule has 2 aromatic carbocycles. The predicted octanol–water partition coefficient (Wildman–Crippen LogP) is 3.28. The smallest absolute Gasteiger partial charge is 0.338 e. The van der Waals surface area contributed by atoms with Crippen molar-refractivity contribution >= 4 is 17.6 Å². The van der Waals surface area contributed by atoms with Crippen LogP contribution in [0.4, 0.5) is 5.95 Å². The van der Waals surface area contributed by atoms with Gasteiger partial charge in [0.05, 0.1) is 25.0 Å². The Morgan fingerprint density at radius 1 is 1.14 bits per heavy atom. The molecule has 1 aliphatic heterocycles. The summed E-state index contributed by atoms with van der Waals surface area (Å²) in [6.45, 7) is 2.06. The maximum absolute atomic E-state index is 13.1. The monoisotopic (exact) mass is 376 g/mol. The Kier molecular flexibility index (Phi) is 4.80. The molecule has 1 unspecified atom stereocenters. The SMILES string of the molecule is CCOC(=O)C1=C(c2ccccc2)Nc2ncnn2C1c1ccccc1OC. The fourth-order valence-electron chi connectivity index (χ4n) is 3.40. The fraction of sp³-hybridized carbons (Fsp3) is 0.190. The van der Waals surface area contributed by atoms with Crippen LogP contribution in [0.1, 0.15) is 24.1 Å². The summed E-state index contributed by atoms with van der Waals surface area (Å²) in [5.41, 5.74) is 2.76. The maximum Gasteiger partial charge on any atom is 0.338 e. The van der Waals surface area contributed by atoms with E-state index in [9.17, 15) is 4.79 Å². The van der Waals surface area contributed by atoms with Crippen molar-refractivity contribution in [2.24, 2.45) is 0 Å². The van der Waals surface area contributed by atoms with Crippen LogP contribution < -0.4 is 10.1 Å². The number of anilines is 1. The van der Waals surface area contributed by atoms with Gasteiger partial charge in [-0.05, 0) is 18.6 Å². The van der Waals surface area contributed by atoms with Crippen molar-refractivity contribution < 1.29 is 14.3 Å². The summed E-state index contributed by atoms with van der Waals surface area (Å²) in [4.78, 5) is 17.4. The molecule has 0 saturated carbocycles. The summed E-state index contributed by atoms with van der Waals surface area (Å²) in [5.74, 6) is 0.791. The molecule has 1 aromatic heterocycles. The van der Waals surface area contributed by atoms with Gasteiger partial charge in [0.15, 0.2) is 0 Å². The number of esters is 1. The second kappa shape index (κ2) is 7.56. The number of hydrogen-bond donors (Lipinski definition) is 1. The van der Waals surface area contributed by atoms with Crippen molar-refractivity contribution in [2.75, 3.05) is 19.0 Å². The molecule has 7 nitrogen and oxygen atoms in total. The Bertz CT molecular complexity index is 1030. The highest BCUT2D eigenvalue weighted by molar-refractivity contribution is 6.02. The third-order valence-electron chi connectivity index (χ3n) is 4.59. The zero-order valence-corrected chi connectivity index (χ0v) is 15.6. The van der Waals surface area contributed by atoms with Crippen LogP contribution in [0.2, 0.25) is 0 Å². The van der Waals surface area contributed by atoms with Crippen LogP contribution in [-0.4, -0.2) is 34.5 Å². The Hall–Kier alpha value is -3.61. The van der Waals surface area contributed by atoms with E-state index in [-0.39, 0.29) is 6.61 Å². The van der Waals surface area contributed by atoms with Gasteiger partial charge in [0.1, 0.15) is 18.1 Å². The molecule has 7 heteroatoms. The van der Waals surface area contributed by atoms with Crippen LogP contribution in [0.5, 0.6) is 5.75 Å². The van der Waals surface area contributed by atoms with Gasteiger partial charge in [0.2, 0.25) is 5.95 Å². The number of para-hydroxylation sites is 1. The lowest BCUT2D eigenvalue weighted by Gasteiger charge is -2.30. The van der Waals surface area contributed by atoms with E-state index in [1.807, 2.05) is 54.6 Å². The van der Waals surface area contributed by atoms with E-state index in [1.54, 1.807) is 18.7 Å². The van der Waals surface area contributed by atoms with Crippen LogP contribution in [0.15, 0.2) is 66.5 Å². The van der Waals surface area contributed by atoms with Crippen molar-refractivity contribution in [2.45, 2.75) is 13.0 Å². The molecule has 4 rings (SSSR count). The van der Waals surface area contributed by atoms with E-state index in [4.69, 9.17) is 9.47 Å². The zero-order chi connectivity index (χ0) is 19.5. The first-order chi connectivity index (χ1) is 13.7. The summed E-state index contributed by atoms with van der Waals surface area (Å²) in [6, 6.07) is 16.7. The molecule has 0 radical (unpaired) electrons. The van der Waals surface area contributed by atoms with Gasteiger partial charge in [-0.25, -0.2) is 9.48 Å². The zero-order valence-electron chi connectivity index (χ0n) is 15.6. The summed E-state index contributed by atoms with van der Waals surface area (Å²) in [5, 5.41) is 7.60. The molecule has 142 valence electrons. The fourth-order valence-corrected chi connectivity index (χ4v) is 3.40. The Balaban J connectivity index is 1.99. The number of carbonyl (C=O) groups excluding carboxylic acids is 1. The molecular weight excluding hydrogens is 356 g/mol. The van der Waals surface area contributed by atoms with E-state index < -0.39 is 12.0 Å². The number of nitrogens with zero attached hydrogens (tertiary/aromatic N) is 3. The molecule has 28 heavy (non-hydrogen) atoms. The minimum absolute atomic E-state index is 0.271. The number of ether oxygens (including phenoxy) is 2. The topological polar surface area (TPSA) is 78.3 Å². The van der Waals surface area contributed by atoms with Gasteiger partial charge < -0.3 is 14.8 Å². The van der Waals surface area contributed by atoms with E-state index >= 15 is 0 Å². The van der Waals surface area contributed by atoms with Crippen LogP contribution in [0.3, 0.4) is 0 Å². The van der Waals surface area contributed by atoms with Gasteiger partial charge in [-0.15, -0.1) is 0 Å². The quantitative estimate of drug-likeness (QED) is 0.689. The summed E-state index contributed by atoms with van der Waals surface area (Å²) in [7, 11) is 1.61. The maximum atomic E-state index is 13.1. The van der Waals surface area contributed by atoms with Gasteiger partial charge in [0, 0.05) is 5.56 Å². The second-order valence-electron chi connectivity index (χ2n) is 6.17. The van der Waals surface area contributed by atoms with Crippen LogP contribution in [0, 0.1) is 0 Å². The molecule has 0 bridgehead atoms. The number of benzene rings is 2. The van der Waals surface area contributed by atoms with Gasteiger partial charge in [-0.2, -0.15) is 10.1 Å². The highest BCUT2D eigenvalue weighted by Gasteiger charge is 2.37. The molecular formula is C21H20N4O3. The molecule has 1 N–H and O–H groups in total. The number of fused-ring (bicyclic) bond motifs is 1. The largest absolute Gasteiger partial charge is 0.496 e. The average molecular weight is 376 g/mol. The number of nitrogens with one attached hydrogen (secondary N) is 1. The number of methoxy groups -OCH3 is 1. The minimum Gasteiger partial charge on any atom is -0.496 e. The molecule has 1 aliphatic rings. The molecule has 0 fully saturated rings. The third-order valence-corrected chi connectivity index (χ3v) is 4.59. The molecule has 1 atom stereocenters. The number of hydrogen-bond acceptors (Lipinski definition) is 6. The van der Waals surface area contributed by atoms with Crippen LogP contribution in [-0.2, 0) is 9.53 Å². The molecule has 0 saturated heterocycles. The van der Waals surface area contributed by atoms with Gasteiger partial charge in [-0.3, -0.25) is 0 Å². The first-order valence-corrected chi connectivity index (χ1v) is 9.00. The highest BCUT2D eigenvalue weighted by Crippen LogP contribution is 2.41. The van der Waals surface area contributed by atoms with Crippen LogP contribution in [0.25, 0.3) is 5.70 Å². The first kappa shape index (κ1) is 17.8. The lowest BCUT2D eigenvalue weighted by molar-refractivity contribution is -0.138. The normalized spacial score (nSPS) is 15.6. The number of rotatable bonds is 5. The van der Waals surface area contributed by atoms with E-state index in [0.717, 1.165) is 11.1 Å². The lowest BCUT2D eigenvalue weighted by atomic mass is 9.92. The summed E-state index contributed by atoms with van der Waals surface area (Å²) in [6.07, 6.45) is 1.46. The van der Waals surface area contributed by atoms with Gasteiger partial charge >= 0.3 is 5.97 Å². The molecule has 0 spiro atoms. The highest BCUT2D eigenvalue weighted by atomic mass is 16.5. The third kappa shape index (κ3) is 3.00. The molecule has 3 aromatic rings. The van der Waals surface area contributed by atoms with Crippen molar-refractivity contribution in [1.82, 2.24) is 14.8 Å². The first-order valence-electron chi connectivity index (χ1n) is 9.00. The van der Waals surface area contributed by atoms with E-state index in [1.165, 1.54) is 6.33 Å².